The molecule has 0 aliphatic heterocycles. The number of rotatable bonds is 5. The maximum Gasteiger partial charge on any atom is 0.0361 e. The molecular weight excluding hydrogens is 268 g/mol. The van der Waals surface area contributed by atoms with E-state index in [4.69, 9.17) is 0 Å². The normalized spacial score (nSPS) is 11.1. The molecule has 0 aliphatic rings. The average molecular weight is 296 g/mol. The van der Waals surface area contributed by atoms with Crippen LogP contribution in [-0.2, 0) is 0 Å². The van der Waals surface area contributed by atoms with Crippen molar-refractivity contribution in [2.45, 2.75) is 19.8 Å². The Balaban J connectivity index is 2.33. The summed E-state index contributed by atoms with van der Waals surface area (Å²) in [5.41, 5.74) is 5.26. The quantitative estimate of drug-likeness (QED) is 0.795. The lowest BCUT2D eigenvalue weighted by atomic mass is 9.82. The van der Waals surface area contributed by atoms with E-state index < -0.39 is 0 Å². The molecule has 0 atom stereocenters. The fourth-order valence-corrected chi connectivity index (χ4v) is 2.92. The number of anilines is 2. The second-order valence-corrected chi connectivity index (χ2v) is 6.69. The minimum absolute atomic E-state index is 0.437. The zero-order valence-electron chi connectivity index (χ0n) is 14.7. The Morgan fingerprint density at radius 1 is 0.591 bits per heavy atom. The van der Waals surface area contributed by atoms with E-state index in [1.165, 1.54) is 22.5 Å². The van der Waals surface area contributed by atoms with Gasteiger partial charge in [-0.25, -0.2) is 0 Å². The molecule has 0 spiro atoms. The maximum atomic E-state index is 2.30. The second kappa shape index (κ2) is 6.87. The topological polar surface area (TPSA) is 6.48 Å². The molecular formula is C20H28N2. The van der Waals surface area contributed by atoms with Crippen LogP contribution in [0.1, 0.15) is 30.9 Å². The van der Waals surface area contributed by atoms with Crippen molar-refractivity contribution in [3.05, 3.63) is 59.7 Å². The fourth-order valence-electron chi connectivity index (χ4n) is 2.92. The summed E-state index contributed by atoms with van der Waals surface area (Å²) in [7, 11) is 8.31. The molecule has 2 aromatic rings. The summed E-state index contributed by atoms with van der Waals surface area (Å²) in [6.07, 6.45) is 0. The highest BCUT2D eigenvalue weighted by Gasteiger charge is 2.18. The largest absolute Gasteiger partial charge is 0.378 e. The molecule has 0 fully saturated rings. The van der Waals surface area contributed by atoms with Gasteiger partial charge >= 0.3 is 0 Å². The number of hydrogen-bond acceptors (Lipinski definition) is 2. The Morgan fingerprint density at radius 3 is 1.14 bits per heavy atom. The first-order valence-electron chi connectivity index (χ1n) is 7.94. The average Bonchev–Trinajstić information content (AvgIpc) is 2.48. The van der Waals surface area contributed by atoms with Crippen LogP contribution in [0.25, 0.3) is 0 Å². The predicted octanol–water partition coefficient (Wildman–Crippen LogP) is 4.61. The van der Waals surface area contributed by atoms with Crippen molar-refractivity contribution in [2.24, 2.45) is 5.92 Å². The molecule has 0 bridgehead atoms. The van der Waals surface area contributed by atoms with E-state index in [0.717, 1.165) is 0 Å². The molecule has 2 heteroatoms. The van der Waals surface area contributed by atoms with Crippen molar-refractivity contribution in [1.29, 1.82) is 0 Å². The van der Waals surface area contributed by atoms with E-state index in [1.807, 2.05) is 0 Å². The Kier molecular flexibility index (Phi) is 5.12. The Morgan fingerprint density at radius 2 is 0.909 bits per heavy atom. The summed E-state index contributed by atoms with van der Waals surface area (Å²) in [4.78, 5) is 4.28. The van der Waals surface area contributed by atoms with Crippen LogP contribution < -0.4 is 9.80 Å². The van der Waals surface area contributed by atoms with Gasteiger partial charge in [0, 0.05) is 45.5 Å². The summed E-state index contributed by atoms with van der Waals surface area (Å²) >= 11 is 0. The molecule has 22 heavy (non-hydrogen) atoms. The predicted molar refractivity (Wildman–Crippen MR) is 98.2 cm³/mol. The first-order chi connectivity index (χ1) is 10.4. The third-order valence-electron chi connectivity index (χ3n) is 4.20. The van der Waals surface area contributed by atoms with Crippen LogP contribution in [0, 0.1) is 5.92 Å². The van der Waals surface area contributed by atoms with Gasteiger partial charge in [0.1, 0.15) is 0 Å². The van der Waals surface area contributed by atoms with Gasteiger partial charge in [0.05, 0.1) is 0 Å². The maximum absolute atomic E-state index is 2.30. The molecule has 2 nitrogen and oxygen atoms in total. The van der Waals surface area contributed by atoms with E-state index in [9.17, 15) is 0 Å². The number of benzene rings is 2. The van der Waals surface area contributed by atoms with Crippen molar-refractivity contribution in [3.8, 4) is 0 Å². The van der Waals surface area contributed by atoms with Crippen molar-refractivity contribution in [2.75, 3.05) is 38.0 Å². The van der Waals surface area contributed by atoms with Crippen molar-refractivity contribution >= 4 is 11.4 Å². The van der Waals surface area contributed by atoms with Crippen LogP contribution >= 0.6 is 0 Å². The monoisotopic (exact) mass is 296 g/mol. The van der Waals surface area contributed by atoms with E-state index >= 15 is 0 Å². The molecule has 118 valence electrons. The summed E-state index contributed by atoms with van der Waals surface area (Å²) < 4.78 is 0. The lowest BCUT2D eigenvalue weighted by molar-refractivity contribution is 0.564. The van der Waals surface area contributed by atoms with Crippen LogP contribution in [0.2, 0.25) is 0 Å². The highest BCUT2D eigenvalue weighted by Crippen LogP contribution is 2.33. The molecule has 2 rings (SSSR count). The van der Waals surface area contributed by atoms with Gasteiger partial charge in [-0.2, -0.15) is 0 Å². The molecule has 0 saturated heterocycles. The minimum atomic E-state index is 0.437. The third-order valence-corrected chi connectivity index (χ3v) is 4.20. The number of hydrogen-bond donors (Lipinski definition) is 0. The van der Waals surface area contributed by atoms with E-state index in [0.29, 0.717) is 11.8 Å². The molecule has 0 radical (unpaired) electrons. The van der Waals surface area contributed by atoms with Crippen LogP contribution in [0.4, 0.5) is 11.4 Å². The Labute approximate surface area is 135 Å². The lowest BCUT2D eigenvalue weighted by Gasteiger charge is -2.24. The summed E-state index contributed by atoms with van der Waals surface area (Å²) in [5.74, 6) is 1.00. The molecule has 0 amide bonds. The van der Waals surface area contributed by atoms with Gasteiger partial charge in [0.15, 0.2) is 0 Å². The Hall–Kier alpha value is -1.96. The summed E-state index contributed by atoms with van der Waals surface area (Å²) in [6.45, 7) is 4.59. The van der Waals surface area contributed by atoms with E-state index in [2.05, 4.69) is 100 Å². The van der Waals surface area contributed by atoms with Crippen molar-refractivity contribution in [3.63, 3.8) is 0 Å². The van der Waals surface area contributed by atoms with Gasteiger partial charge in [-0.15, -0.1) is 0 Å². The summed E-state index contributed by atoms with van der Waals surface area (Å²) in [5, 5.41) is 0. The molecule has 0 aromatic heterocycles. The van der Waals surface area contributed by atoms with E-state index in [1.54, 1.807) is 0 Å². The van der Waals surface area contributed by atoms with Gasteiger partial charge in [0.2, 0.25) is 0 Å². The lowest BCUT2D eigenvalue weighted by Crippen LogP contribution is -2.12. The van der Waals surface area contributed by atoms with Crippen LogP contribution in [0.5, 0.6) is 0 Å². The molecule has 0 heterocycles. The van der Waals surface area contributed by atoms with Crippen LogP contribution in [0.15, 0.2) is 48.5 Å². The zero-order chi connectivity index (χ0) is 16.3. The van der Waals surface area contributed by atoms with Gasteiger partial charge in [-0.05, 0) is 41.3 Å². The van der Waals surface area contributed by atoms with Crippen LogP contribution in [-0.4, -0.2) is 28.2 Å². The standard InChI is InChI=1S/C20H28N2/c1-15(2)20(16-7-11-18(12-8-16)21(3)4)17-9-13-19(14-10-17)22(5)6/h7-15,20H,1-6H3. The van der Waals surface area contributed by atoms with Gasteiger partial charge in [-0.3, -0.25) is 0 Å². The molecule has 2 aromatic carbocycles. The van der Waals surface area contributed by atoms with Crippen molar-refractivity contribution < 1.29 is 0 Å². The highest BCUT2D eigenvalue weighted by molar-refractivity contribution is 5.50. The minimum Gasteiger partial charge on any atom is -0.378 e. The SMILES string of the molecule is CC(C)C(c1ccc(N(C)C)cc1)c1ccc(N(C)C)cc1. The molecule has 0 aliphatic carbocycles. The first kappa shape index (κ1) is 16.4. The number of nitrogens with zero attached hydrogens (tertiary/aromatic N) is 2. The fraction of sp³-hybridized carbons (Fsp3) is 0.400. The molecule has 0 unspecified atom stereocenters. The van der Waals surface area contributed by atoms with Gasteiger partial charge in [-0.1, -0.05) is 38.1 Å². The smallest absolute Gasteiger partial charge is 0.0361 e. The van der Waals surface area contributed by atoms with Gasteiger partial charge in [0.25, 0.3) is 0 Å². The van der Waals surface area contributed by atoms with Crippen molar-refractivity contribution in [1.82, 2.24) is 0 Å². The second-order valence-electron chi connectivity index (χ2n) is 6.69. The van der Waals surface area contributed by atoms with Crippen LogP contribution in [0.3, 0.4) is 0 Å². The Bertz CT molecular complexity index is 529. The highest BCUT2D eigenvalue weighted by atomic mass is 15.1. The molecule has 0 saturated carbocycles. The molecule has 0 N–H and O–H groups in total. The zero-order valence-corrected chi connectivity index (χ0v) is 14.7. The van der Waals surface area contributed by atoms with Gasteiger partial charge < -0.3 is 9.80 Å². The van der Waals surface area contributed by atoms with E-state index in [-0.39, 0.29) is 0 Å². The summed E-state index contributed by atoms with van der Waals surface area (Å²) in [6, 6.07) is 17.9. The third kappa shape index (κ3) is 3.62. The first-order valence-corrected chi connectivity index (χ1v) is 7.94.